The molecule has 1 aromatic rings. The first kappa shape index (κ1) is 14.1. The Morgan fingerprint density at radius 1 is 1.24 bits per heavy atom. The number of nitrogens with zero attached hydrogens (tertiary/aromatic N) is 1. The Morgan fingerprint density at radius 2 is 2.14 bits per heavy atom. The van der Waals surface area contributed by atoms with Gasteiger partial charge < -0.3 is 10.4 Å². The van der Waals surface area contributed by atoms with Crippen molar-refractivity contribution in [2.75, 3.05) is 11.9 Å². The molecule has 2 aliphatic rings. The molecular weight excluding hydrogens is 264 g/mol. The number of carboxylic acids is 1. The SMILES string of the molecule is O=C(O)c1cc2c(nc1NCCC1=CCCCC1)CCC2. The van der Waals surface area contributed by atoms with Crippen LogP contribution in [0, 0.1) is 0 Å². The number of hydrogen-bond acceptors (Lipinski definition) is 3. The van der Waals surface area contributed by atoms with E-state index in [4.69, 9.17) is 0 Å². The third kappa shape index (κ3) is 3.26. The number of hydrogen-bond donors (Lipinski definition) is 2. The average molecular weight is 286 g/mol. The van der Waals surface area contributed by atoms with Gasteiger partial charge in [-0.25, -0.2) is 9.78 Å². The maximum Gasteiger partial charge on any atom is 0.339 e. The van der Waals surface area contributed by atoms with Crippen LogP contribution in [0.15, 0.2) is 17.7 Å². The van der Waals surface area contributed by atoms with Gasteiger partial charge in [-0.15, -0.1) is 0 Å². The summed E-state index contributed by atoms with van der Waals surface area (Å²) in [5.74, 6) is -0.351. The number of pyridine rings is 1. The normalized spacial score (nSPS) is 17.2. The third-order valence-electron chi connectivity index (χ3n) is 4.40. The fourth-order valence-electron chi connectivity index (χ4n) is 3.24. The smallest absolute Gasteiger partial charge is 0.339 e. The van der Waals surface area contributed by atoms with E-state index in [0.717, 1.165) is 43.5 Å². The van der Waals surface area contributed by atoms with E-state index in [2.05, 4.69) is 16.4 Å². The van der Waals surface area contributed by atoms with Crippen LogP contribution in [-0.4, -0.2) is 22.6 Å². The van der Waals surface area contributed by atoms with E-state index in [0.29, 0.717) is 11.4 Å². The van der Waals surface area contributed by atoms with Gasteiger partial charge in [0.25, 0.3) is 0 Å². The van der Waals surface area contributed by atoms with Crippen LogP contribution in [0.1, 0.15) is 60.1 Å². The molecule has 0 saturated carbocycles. The van der Waals surface area contributed by atoms with E-state index < -0.39 is 5.97 Å². The number of nitrogens with one attached hydrogen (secondary N) is 1. The number of rotatable bonds is 5. The Labute approximate surface area is 125 Å². The quantitative estimate of drug-likeness (QED) is 0.812. The van der Waals surface area contributed by atoms with Crippen LogP contribution >= 0.6 is 0 Å². The van der Waals surface area contributed by atoms with Gasteiger partial charge in [0, 0.05) is 12.2 Å². The summed E-state index contributed by atoms with van der Waals surface area (Å²) in [6, 6.07) is 1.81. The van der Waals surface area contributed by atoms with E-state index in [9.17, 15) is 9.90 Å². The van der Waals surface area contributed by atoms with Crippen LogP contribution in [0.2, 0.25) is 0 Å². The number of anilines is 1. The molecule has 1 aromatic heterocycles. The van der Waals surface area contributed by atoms with Crippen molar-refractivity contribution in [1.82, 2.24) is 4.98 Å². The summed E-state index contributed by atoms with van der Waals surface area (Å²) < 4.78 is 0. The molecule has 0 atom stereocenters. The monoisotopic (exact) mass is 286 g/mol. The summed E-state index contributed by atoms with van der Waals surface area (Å²) >= 11 is 0. The Hall–Kier alpha value is -1.84. The second-order valence-electron chi connectivity index (χ2n) is 5.93. The number of aromatic nitrogens is 1. The van der Waals surface area contributed by atoms with Gasteiger partial charge >= 0.3 is 5.97 Å². The number of carboxylic acid groups (broad SMARTS) is 1. The van der Waals surface area contributed by atoms with Crippen molar-refractivity contribution in [3.8, 4) is 0 Å². The lowest BCUT2D eigenvalue weighted by Crippen LogP contribution is -2.12. The van der Waals surface area contributed by atoms with E-state index in [1.807, 2.05) is 0 Å². The van der Waals surface area contributed by atoms with Crippen molar-refractivity contribution in [1.29, 1.82) is 0 Å². The first-order valence-electron chi connectivity index (χ1n) is 7.92. The predicted molar refractivity (Wildman–Crippen MR) is 82.9 cm³/mol. The molecule has 4 nitrogen and oxygen atoms in total. The summed E-state index contributed by atoms with van der Waals surface area (Å²) in [7, 11) is 0. The van der Waals surface area contributed by atoms with Gasteiger partial charge in [-0.1, -0.05) is 11.6 Å². The first-order chi connectivity index (χ1) is 10.2. The highest BCUT2D eigenvalue weighted by atomic mass is 16.4. The van der Waals surface area contributed by atoms with Gasteiger partial charge in [0.1, 0.15) is 11.4 Å². The van der Waals surface area contributed by atoms with Gasteiger partial charge in [0.2, 0.25) is 0 Å². The Balaban J connectivity index is 1.69. The number of aryl methyl sites for hydroxylation is 2. The number of carbonyl (C=O) groups is 1. The molecule has 0 bridgehead atoms. The third-order valence-corrected chi connectivity index (χ3v) is 4.40. The molecule has 2 N–H and O–H groups in total. The molecule has 21 heavy (non-hydrogen) atoms. The molecule has 0 saturated heterocycles. The minimum absolute atomic E-state index is 0.313. The fraction of sp³-hybridized carbons (Fsp3) is 0.529. The van der Waals surface area contributed by atoms with Gasteiger partial charge in [-0.3, -0.25) is 0 Å². The number of fused-ring (bicyclic) bond motifs is 1. The Bertz CT molecular complexity index is 578. The van der Waals surface area contributed by atoms with Crippen molar-refractivity contribution in [3.05, 3.63) is 34.5 Å². The fourth-order valence-corrected chi connectivity index (χ4v) is 3.24. The summed E-state index contributed by atoms with van der Waals surface area (Å²) in [4.78, 5) is 15.9. The molecule has 0 spiro atoms. The lowest BCUT2D eigenvalue weighted by atomic mass is 9.97. The minimum atomic E-state index is -0.892. The molecule has 0 amide bonds. The van der Waals surface area contributed by atoms with E-state index in [1.165, 1.54) is 31.3 Å². The molecule has 3 rings (SSSR count). The topological polar surface area (TPSA) is 62.2 Å². The molecular formula is C17H22N2O2. The van der Waals surface area contributed by atoms with Crippen molar-refractivity contribution >= 4 is 11.8 Å². The van der Waals surface area contributed by atoms with Crippen LogP contribution in [0.4, 0.5) is 5.82 Å². The zero-order valence-corrected chi connectivity index (χ0v) is 12.3. The summed E-state index contributed by atoms with van der Waals surface area (Å²) in [6.07, 6.45) is 11.3. The van der Waals surface area contributed by atoms with Gasteiger partial charge in [0.05, 0.1) is 0 Å². The molecule has 0 unspecified atom stereocenters. The minimum Gasteiger partial charge on any atom is -0.478 e. The first-order valence-corrected chi connectivity index (χ1v) is 7.92. The highest BCUT2D eigenvalue weighted by Gasteiger charge is 2.19. The van der Waals surface area contributed by atoms with E-state index in [1.54, 1.807) is 6.07 Å². The van der Waals surface area contributed by atoms with Crippen LogP contribution in [-0.2, 0) is 12.8 Å². The Morgan fingerprint density at radius 3 is 2.90 bits per heavy atom. The summed E-state index contributed by atoms with van der Waals surface area (Å²) in [5.41, 5.74) is 3.98. The molecule has 0 radical (unpaired) electrons. The highest BCUT2D eigenvalue weighted by molar-refractivity contribution is 5.93. The van der Waals surface area contributed by atoms with Gasteiger partial charge in [0.15, 0.2) is 0 Å². The molecule has 0 fully saturated rings. The van der Waals surface area contributed by atoms with Crippen LogP contribution < -0.4 is 5.32 Å². The predicted octanol–water partition coefficient (Wildman–Crippen LogP) is 3.57. The maximum atomic E-state index is 11.4. The average Bonchev–Trinajstić information content (AvgIpc) is 2.94. The number of aromatic carboxylic acids is 1. The van der Waals surface area contributed by atoms with Crippen LogP contribution in [0.5, 0.6) is 0 Å². The maximum absolute atomic E-state index is 11.4. The van der Waals surface area contributed by atoms with E-state index >= 15 is 0 Å². The summed E-state index contributed by atoms with van der Waals surface area (Å²) in [6.45, 7) is 0.762. The molecule has 112 valence electrons. The second-order valence-corrected chi connectivity index (χ2v) is 5.93. The van der Waals surface area contributed by atoms with E-state index in [-0.39, 0.29) is 0 Å². The molecule has 2 aliphatic carbocycles. The molecule has 0 aromatic carbocycles. The zero-order chi connectivity index (χ0) is 14.7. The second kappa shape index (κ2) is 6.29. The van der Waals surface area contributed by atoms with Crippen molar-refractivity contribution in [2.45, 2.75) is 51.4 Å². The van der Waals surface area contributed by atoms with Crippen molar-refractivity contribution in [3.63, 3.8) is 0 Å². The zero-order valence-electron chi connectivity index (χ0n) is 12.3. The number of allylic oxidation sites excluding steroid dienone is 1. The lowest BCUT2D eigenvalue weighted by Gasteiger charge is -2.14. The summed E-state index contributed by atoms with van der Waals surface area (Å²) in [5, 5.41) is 12.6. The largest absolute Gasteiger partial charge is 0.478 e. The van der Waals surface area contributed by atoms with Gasteiger partial charge in [-0.05, 0) is 63.0 Å². The van der Waals surface area contributed by atoms with Crippen molar-refractivity contribution in [2.24, 2.45) is 0 Å². The van der Waals surface area contributed by atoms with Crippen LogP contribution in [0.25, 0.3) is 0 Å². The lowest BCUT2D eigenvalue weighted by molar-refractivity contribution is 0.0697. The Kier molecular flexibility index (Phi) is 4.23. The van der Waals surface area contributed by atoms with Gasteiger partial charge in [-0.2, -0.15) is 0 Å². The highest BCUT2D eigenvalue weighted by Crippen LogP contribution is 2.26. The van der Waals surface area contributed by atoms with Crippen molar-refractivity contribution < 1.29 is 9.90 Å². The molecule has 1 heterocycles. The standard InChI is InChI=1S/C17H22N2O2/c20-17(21)14-11-13-7-4-8-15(13)19-16(14)18-10-9-12-5-2-1-3-6-12/h5,11H,1-4,6-10H2,(H,18,19)(H,20,21). The molecule has 0 aliphatic heterocycles. The van der Waals surface area contributed by atoms with Crippen LogP contribution in [0.3, 0.4) is 0 Å². The molecule has 4 heteroatoms.